The van der Waals surface area contributed by atoms with Crippen molar-refractivity contribution in [1.29, 1.82) is 0 Å². The van der Waals surface area contributed by atoms with E-state index in [1.807, 2.05) is 25.7 Å². The average molecular weight is 272 g/mol. The lowest BCUT2D eigenvalue weighted by atomic mass is 10.0. The van der Waals surface area contributed by atoms with Gasteiger partial charge in [0.2, 0.25) is 0 Å². The summed E-state index contributed by atoms with van der Waals surface area (Å²) in [6.07, 6.45) is 3.81. The molecule has 2 N–H and O–H groups in total. The topological polar surface area (TPSA) is 64.8 Å². The van der Waals surface area contributed by atoms with E-state index in [2.05, 4.69) is 0 Å². The standard InChI is InChI=1S/C14H28N2O3/c1-14(2,3)19-13(17)16-9-5-4-7-12(16)11-18-10-6-8-15/h12H,4-11,15H2,1-3H3. The number of piperidine rings is 1. The van der Waals surface area contributed by atoms with Gasteiger partial charge in [-0.05, 0) is 53.0 Å². The maximum absolute atomic E-state index is 12.1. The SMILES string of the molecule is CC(C)(C)OC(=O)N1CCCCC1COCCCN. The summed E-state index contributed by atoms with van der Waals surface area (Å²) < 4.78 is 11.0. The Kier molecular flexibility index (Phi) is 6.58. The molecule has 0 aromatic heterocycles. The highest BCUT2D eigenvalue weighted by atomic mass is 16.6. The molecule has 0 aliphatic carbocycles. The van der Waals surface area contributed by atoms with Crippen molar-refractivity contribution >= 4 is 6.09 Å². The van der Waals surface area contributed by atoms with E-state index < -0.39 is 5.60 Å². The van der Waals surface area contributed by atoms with Crippen LogP contribution in [-0.4, -0.2) is 48.9 Å². The number of nitrogens with zero attached hydrogens (tertiary/aromatic N) is 1. The van der Waals surface area contributed by atoms with E-state index >= 15 is 0 Å². The molecular formula is C14H28N2O3. The van der Waals surface area contributed by atoms with Crippen LogP contribution >= 0.6 is 0 Å². The molecular weight excluding hydrogens is 244 g/mol. The number of ether oxygens (including phenoxy) is 2. The van der Waals surface area contributed by atoms with Crippen LogP contribution in [0.3, 0.4) is 0 Å². The fourth-order valence-corrected chi connectivity index (χ4v) is 2.14. The summed E-state index contributed by atoms with van der Waals surface area (Å²) in [6, 6.07) is 0.140. The van der Waals surface area contributed by atoms with Crippen LogP contribution < -0.4 is 5.73 Å². The summed E-state index contributed by atoms with van der Waals surface area (Å²) >= 11 is 0. The molecule has 1 aliphatic heterocycles. The molecule has 5 nitrogen and oxygen atoms in total. The molecule has 0 aromatic rings. The van der Waals surface area contributed by atoms with E-state index in [1.54, 1.807) is 0 Å². The molecule has 0 spiro atoms. The van der Waals surface area contributed by atoms with Crippen LogP contribution in [0, 0.1) is 0 Å². The highest BCUT2D eigenvalue weighted by molar-refractivity contribution is 5.68. The molecule has 0 saturated carbocycles. The largest absolute Gasteiger partial charge is 0.444 e. The minimum absolute atomic E-state index is 0.140. The molecule has 1 aliphatic rings. The third kappa shape index (κ3) is 6.25. The maximum atomic E-state index is 12.1. The van der Waals surface area contributed by atoms with Crippen LogP contribution in [-0.2, 0) is 9.47 Å². The molecule has 5 heteroatoms. The first kappa shape index (κ1) is 16.2. The Balaban J connectivity index is 2.45. The molecule has 1 atom stereocenters. The lowest BCUT2D eigenvalue weighted by Crippen LogP contribution is -2.48. The highest BCUT2D eigenvalue weighted by Gasteiger charge is 2.30. The Morgan fingerprint density at radius 2 is 2.11 bits per heavy atom. The van der Waals surface area contributed by atoms with Gasteiger partial charge in [-0.3, -0.25) is 0 Å². The van der Waals surface area contributed by atoms with Gasteiger partial charge in [0.1, 0.15) is 5.60 Å². The van der Waals surface area contributed by atoms with E-state index in [0.717, 1.165) is 32.2 Å². The number of carbonyl (C=O) groups is 1. The van der Waals surface area contributed by atoms with Gasteiger partial charge in [0.25, 0.3) is 0 Å². The quantitative estimate of drug-likeness (QED) is 0.779. The summed E-state index contributed by atoms with van der Waals surface area (Å²) in [5, 5.41) is 0. The van der Waals surface area contributed by atoms with Gasteiger partial charge < -0.3 is 20.1 Å². The Morgan fingerprint density at radius 1 is 1.37 bits per heavy atom. The average Bonchev–Trinajstić information content (AvgIpc) is 2.33. The zero-order chi connectivity index (χ0) is 14.3. The maximum Gasteiger partial charge on any atom is 0.410 e. The third-order valence-electron chi connectivity index (χ3n) is 3.06. The lowest BCUT2D eigenvalue weighted by molar-refractivity contribution is -0.00779. The van der Waals surface area contributed by atoms with Crippen LogP contribution in [0.25, 0.3) is 0 Å². The Bertz CT molecular complexity index is 276. The third-order valence-corrected chi connectivity index (χ3v) is 3.06. The van der Waals surface area contributed by atoms with Gasteiger partial charge in [0, 0.05) is 13.2 Å². The fourth-order valence-electron chi connectivity index (χ4n) is 2.14. The molecule has 0 aromatic carbocycles. The summed E-state index contributed by atoms with van der Waals surface area (Å²) in [5.41, 5.74) is 4.98. The van der Waals surface area contributed by atoms with Crippen LogP contribution in [0.1, 0.15) is 46.5 Å². The molecule has 19 heavy (non-hydrogen) atoms. The predicted octanol–water partition coefficient (Wildman–Crippen LogP) is 2.14. The summed E-state index contributed by atoms with van der Waals surface area (Å²) in [6.45, 7) is 8.32. The van der Waals surface area contributed by atoms with Crippen molar-refractivity contribution < 1.29 is 14.3 Å². The summed E-state index contributed by atoms with van der Waals surface area (Å²) in [7, 11) is 0. The molecule has 1 heterocycles. The van der Waals surface area contributed by atoms with Gasteiger partial charge in [-0.15, -0.1) is 0 Å². The number of likely N-dealkylation sites (tertiary alicyclic amines) is 1. The minimum atomic E-state index is -0.445. The van der Waals surface area contributed by atoms with Crippen molar-refractivity contribution in [2.45, 2.75) is 58.1 Å². The Labute approximate surface area is 116 Å². The van der Waals surface area contributed by atoms with Crippen molar-refractivity contribution in [3.8, 4) is 0 Å². The van der Waals surface area contributed by atoms with Gasteiger partial charge in [0.15, 0.2) is 0 Å². The number of rotatable bonds is 5. The zero-order valence-corrected chi connectivity index (χ0v) is 12.5. The minimum Gasteiger partial charge on any atom is -0.444 e. The fraction of sp³-hybridized carbons (Fsp3) is 0.929. The number of hydrogen-bond donors (Lipinski definition) is 1. The number of nitrogens with two attached hydrogens (primary N) is 1. The molecule has 1 fully saturated rings. The van der Waals surface area contributed by atoms with Crippen LogP contribution in [0.4, 0.5) is 4.79 Å². The van der Waals surface area contributed by atoms with E-state index in [4.69, 9.17) is 15.2 Å². The number of carbonyl (C=O) groups excluding carboxylic acids is 1. The highest BCUT2D eigenvalue weighted by Crippen LogP contribution is 2.20. The molecule has 1 saturated heterocycles. The predicted molar refractivity (Wildman–Crippen MR) is 75.1 cm³/mol. The molecule has 1 amide bonds. The monoisotopic (exact) mass is 272 g/mol. The van der Waals surface area contributed by atoms with E-state index in [-0.39, 0.29) is 12.1 Å². The summed E-state index contributed by atoms with van der Waals surface area (Å²) in [4.78, 5) is 14.0. The second-order valence-electron chi connectivity index (χ2n) is 6.04. The smallest absolute Gasteiger partial charge is 0.410 e. The van der Waals surface area contributed by atoms with Crippen molar-refractivity contribution in [2.24, 2.45) is 5.73 Å². The van der Waals surface area contributed by atoms with Crippen molar-refractivity contribution in [3.05, 3.63) is 0 Å². The first-order valence-electron chi connectivity index (χ1n) is 7.21. The molecule has 1 rings (SSSR count). The molecule has 0 bridgehead atoms. The second kappa shape index (κ2) is 7.70. The van der Waals surface area contributed by atoms with Gasteiger partial charge in [-0.25, -0.2) is 4.79 Å². The van der Waals surface area contributed by atoms with E-state index in [1.165, 1.54) is 0 Å². The first-order chi connectivity index (χ1) is 8.94. The van der Waals surface area contributed by atoms with E-state index in [9.17, 15) is 4.79 Å². The van der Waals surface area contributed by atoms with Crippen molar-refractivity contribution in [1.82, 2.24) is 4.90 Å². The first-order valence-corrected chi connectivity index (χ1v) is 7.21. The zero-order valence-electron chi connectivity index (χ0n) is 12.5. The van der Waals surface area contributed by atoms with Gasteiger partial charge >= 0.3 is 6.09 Å². The van der Waals surface area contributed by atoms with Gasteiger partial charge in [0.05, 0.1) is 12.6 Å². The van der Waals surface area contributed by atoms with E-state index in [0.29, 0.717) is 19.8 Å². The second-order valence-corrected chi connectivity index (χ2v) is 6.04. The molecule has 1 unspecified atom stereocenters. The van der Waals surface area contributed by atoms with Crippen LogP contribution in [0.15, 0.2) is 0 Å². The van der Waals surface area contributed by atoms with Crippen LogP contribution in [0.5, 0.6) is 0 Å². The lowest BCUT2D eigenvalue weighted by Gasteiger charge is -2.36. The Morgan fingerprint density at radius 3 is 2.74 bits per heavy atom. The number of amides is 1. The Hall–Kier alpha value is -0.810. The van der Waals surface area contributed by atoms with Gasteiger partial charge in [-0.2, -0.15) is 0 Å². The van der Waals surface area contributed by atoms with Crippen molar-refractivity contribution in [2.75, 3.05) is 26.3 Å². The van der Waals surface area contributed by atoms with Crippen molar-refractivity contribution in [3.63, 3.8) is 0 Å². The molecule has 0 radical (unpaired) electrons. The normalized spacial score (nSPS) is 20.4. The van der Waals surface area contributed by atoms with Gasteiger partial charge in [-0.1, -0.05) is 0 Å². The number of hydrogen-bond acceptors (Lipinski definition) is 4. The van der Waals surface area contributed by atoms with Crippen LogP contribution in [0.2, 0.25) is 0 Å². The molecule has 112 valence electrons. The summed E-state index contributed by atoms with van der Waals surface area (Å²) in [5.74, 6) is 0.